The molecule has 21 heavy (non-hydrogen) atoms. The summed E-state index contributed by atoms with van der Waals surface area (Å²) in [5.41, 5.74) is 0. The summed E-state index contributed by atoms with van der Waals surface area (Å²) in [4.78, 5) is 14.8. The predicted molar refractivity (Wildman–Crippen MR) is 89.2 cm³/mol. The monoisotopic (exact) mass is 305 g/mol. The molecule has 0 amide bonds. The molecule has 1 unspecified atom stereocenters. The molecule has 0 fully saturated rings. The van der Waals surface area contributed by atoms with Gasteiger partial charge >= 0.3 is 0 Å². The van der Waals surface area contributed by atoms with Gasteiger partial charge in [0.25, 0.3) is 0 Å². The number of hydrogen-bond donors (Lipinski definition) is 2. The first kappa shape index (κ1) is 15.7. The number of aryl methyl sites for hydroxylation is 1. The Bertz CT molecular complexity index is 593. The molecular weight excluding hydrogens is 282 g/mol. The molecule has 2 N–H and O–H groups in total. The van der Waals surface area contributed by atoms with Gasteiger partial charge in [0.2, 0.25) is 0 Å². The van der Waals surface area contributed by atoms with Crippen LogP contribution in [0.5, 0.6) is 0 Å². The molecule has 0 aliphatic heterocycles. The molecule has 0 aromatic carbocycles. The molecule has 0 spiro atoms. The zero-order chi connectivity index (χ0) is 15.4. The van der Waals surface area contributed by atoms with Crippen molar-refractivity contribution in [1.82, 2.24) is 15.0 Å². The highest BCUT2D eigenvalue weighted by Gasteiger charge is 2.13. The summed E-state index contributed by atoms with van der Waals surface area (Å²) in [6, 6.07) is 2.08. The van der Waals surface area contributed by atoms with Crippen molar-refractivity contribution in [3.63, 3.8) is 0 Å². The van der Waals surface area contributed by atoms with Crippen molar-refractivity contribution >= 4 is 23.0 Å². The Morgan fingerprint density at radius 1 is 1.19 bits per heavy atom. The van der Waals surface area contributed by atoms with E-state index >= 15 is 0 Å². The number of thiazole rings is 1. The summed E-state index contributed by atoms with van der Waals surface area (Å²) in [5.74, 6) is 2.84. The maximum Gasteiger partial charge on any atom is 0.135 e. The molecule has 114 valence electrons. The van der Waals surface area contributed by atoms with Gasteiger partial charge in [-0.3, -0.25) is 0 Å². The smallest absolute Gasteiger partial charge is 0.135 e. The lowest BCUT2D eigenvalue weighted by Crippen LogP contribution is -2.11. The highest BCUT2D eigenvalue weighted by molar-refractivity contribution is 7.11. The van der Waals surface area contributed by atoms with Crippen LogP contribution in [0.4, 0.5) is 11.6 Å². The molecule has 2 heterocycles. The van der Waals surface area contributed by atoms with Crippen molar-refractivity contribution in [3.05, 3.63) is 28.0 Å². The molecule has 0 aliphatic carbocycles. The average Bonchev–Trinajstić information content (AvgIpc) is 2.85. The Kier molecular flexibility index (Phi) is 5.12. The van der Waals surface area contributed by atoms with Crippen LogP contribution in [0.15, 0.2) is 12.3 Å². The number of anilines is 2. The van der Waals surface area contributed by atoms with Crippen LogP contribution in [0, 0.1) is 6.92 Å². The molecule has 0 bridgehead atoms. The van der Waals surface area contributed by atoms with Gasteiger partial charge in [0.15, 0.2) is 0 Å². The highest BCUT2D eigenvalue weighted by atomic mass is 32.1. The van der Waals surface area contributed by atoms with E-state index in [0.717, 1.165) is 29.0 Å². The second kappa shape index (κ2) is 6.85. The third kappa shape index (κ3) is 4.14. The van der Waals surface area contributed by atoms with Crippen molar-refractivity contribution in [2.75, 3.05) is 17.2 Å². The van der Waals surface area contributed by atoms with Crippen LogP contribution in [0.3, 0.4) is 0 Å². The molecular formula is C15H23N5S. The minimum Gasteiger partial charge on any atom is -0.370 e. The van der Waals surface area contributed by atoms with Crippen molar-refractivity contribution in [2.24, 2.45) is 0 Å². The van der Waals surface area contributed by atoms with E-state index in [9.17, 15) is 0 Å². The van der Waals surface area contributed by atoms with Gasteiger partial charge in [0.1, 0.15) is 22.5 Å². The van der Waals surface area contributed by atoms with E-state index in [-0.39, 0.29) is 6.04 Å². The minimum absolute atomic E-state index is 0.132. The maximum atomic E-state index is 4.60. The Morgan fingerprint density at radius 2 is 1.90 bits per heavy atom. The lowest BCUT2D eigenvalue weighted by Gasteiger charge is -2.15. The third-order valence-electron chi connectivity index (χ3n) is 2.99. The number of nitrogens with zero attached hydrogens (tertiary/aromatic N) is 3. The molecule has 0 saturated heterocycles. The van der Waals surface area contributed by atoms with E-state index in [0.29, 0.717) is 5.92 Å². The molecule has 0 aliphatic rings. The zero-order valence-corrected chi connectivity index (χ0v) is 14.1. The van der Waals surface area contributed by atoms with Gasteiger partial charge in [-0.25, -0.2) is 15.0 Å². The molecule has 2 rings (SSSR count). The van der Waals surface area contributed by atoms with Crippen molar-refractivity contribution in [3.8, 4) is 0 Å². The number of rotatable bonds is 6. The Hall–Kier alpha value is -1.69. The van der Waals surface area contributed by atoms with Crippen LogP contribution in [-0.4, -0.2) is 21.5 Å². The molecule has 0 radical (unpaired) electrons. The van der Waals surface area contributed by atoms with E-state index in [2.05, 4.69) is 60.2 Å². The molecule has 5 nitrogen and oxygen atoms in total. The zero-order valence-electron chi connectivity index (χ0n) is 13.3. The van der Waals surface area contributed by atoms with E-state index in [1.807, 2.05) is 12.3 Å². The minimum atomic E-state index is 0.132. The molecule has 2 aromatic heterocycles. The van der Waals surface area contributed by atoms with Gasteiger partial charge in [0.05, 0.1) is 6.04 Å². The quantitative estimate of drug-likeness (QED) is 0.845. The molecule has 6 heteroatoms. The fourth-order valence-corrected chi connectivity index (χ4v) is 2.70. The van der Waals surface area contributed by atoms with Crippen LogP contribution in [0.25, 0.3) is 0 Å². The summed E-state index contributed by atoms with van der Waals surface area (Å²) in [7, 11) is 0. The number of hydrogen-bond acceptors (Lipinski definition) is 6. The lowest BCUT2D eigenvalue weighted by molar-refractivity contribution is 0.768. The van der Waals surface area contributed by atoms with E-state index < -0.39 is 0 Å². The Balaban J connectivity index is 2.21. The van der Waals surface area contributed by atoms with E-state index in [4.69, 9.17) is 0 Å². The van der Waals surface area contributed by atoms with Gasteiger partial charge in [-0.2, -0.15) is 0 Å². The van der Waals surface area contributed by atoms with E-state index in [1.165, 1.54) is 4.88 Å². The SMILES string of the molecule is CCNc1cc(NC(C)c2ncc(C)s2)nc(C(C)C)n1. The Labute approximate surface area is 130 Å². The van der Waals surface area contributed by atoms with Crippen molar-refractivity contribution in [2.45, 2.75) is 46.6 Å². The average molecular weight is 305 g/mol. The van der Waals surface area contributed by atoms with Crippen LogP contribution in [-0.2, 0) is 0 Å². The largest absolute Gasteiger partial charge is 0.370 e. The third-order valence-corrected chi connectivity index (χ3v) is 4.09. The summed E-state index contributed by atoms with van der Waals surface area (Å²) >= 11 is 1.71. The standard InChI is InChI=1S/C15H23N5S/c1-6-16-12-7-13(20-14(19-12)9(2)3)18-11(5)15-17-8-10(4)21-15/h7-9,11H,6H2,1-5H3,(H2,16,18,19,20). The maximum absolute atomic E-state index is 4.60. The first-order valence-corrected chi connectivity index (χ1v) is 8.13. The second-order valence-corrected chi connectivity index (χ2v) is 6.62. The first-order chi connectivity index (χ1) is 9.99. The summed E-state index contributed by atoms with van der Waals surface area (Å²) in [6.45, 7) is 11.3. The van der Waals surface area contributed by atoms with Gasteiger partial charge in [-0.1, -0.05) is 13.8 Å². The molecule has 0 saturated carbocycles. The highest BCUT2D eigenvalue weighted by Crippen LogP contribution is 2.24. The predicted octanol–water partition coefficient (Wildman–Crippen LogP) is 3.97. The van der Waals surface area contributed by atoms with Crippen LogP contribution >= 0.6 is 11.3 Å². The second-order valence-electron chi connectivity index (χ2n) is 5.36. The van der Waals surface area contributed by atoms with Gasteiger partial charge in [-0.05, 0) is 20.8 Å². The van der Waals surface area contributed by atoms with E-state index in [1.54, 1.807) is 11.3 Å². The van der Waals surface area contributed by atoms with Crippen LogP contribution in [0.2, 0.25) is 0 Å². The van der Waals surface area contributed by atoms with Crippen molar-refractivity contribution < 1.29 is 0 Å². The van der Waals surface area contributed by atoms with Gasteiger partial charge in [0, 0.05) is 29.6 Å². The summed E-state index contributed by atoms with van der Waals surface area (Å²) in [6.07, 6.45) is 1.90. The number of aromatic nitrogens is 3. The van der Waals surface area contributed by atoms with Crippen LogP contribution < -0.4 is 10.6 Å². The lowest BCUT2D eigenvalue weighted by atomic mass is 10.2. The topological polar surface area (TPSA) is 62.7 Å². The van der Waals surface area contributed by atoms with Gasteiger partial charge in [-0.15, -0.1) is 11.3 Å². The summed E-state index contributed by atoms with van der Waals surface area (Å²) < 4.78 is 0. The fraction of sp³-hybridized carbons (Fsp3) is 0.533. The van der Waals surface area contributed by atoms with Crippen molar-refractivity contribution in [1.29, 1.82) is 0 Å². The van der Waals surface area contributed by atoms with Crippen LogP contribution in [0.1, 0.15) is 55.4 Å². The first-order valence-electron chi connectivity index (χ1n) is 7.31. The molecule has 1 atom stereocenters. The normalized spacial score (nSPS) is 12.5. The fourth-order valence-electron chi connectivity index (χ4n) is 1.93. The number of nitrogens with one attached hydrogen (secondary N) is 2. The Morgan fingerprint density at radius 3 is 2.48 bits per heavy atom. The summed E-state index contributed by atoms with van der Waals surface area (Å²) in [5, 5.41) is 7.75. The molecule has 2 aromatic rings. The van der Waals surface area contributed by atoms with Gasteiger partial charge < -0.3 is 10.6 Å².